The number of amides is 4. The smallest absolute Gasteiger partial charge is 0.312 e. The lowest BCUT2D eigenvalue weighted by Gasteiger charge is -2.35. The molecule has 11 heteroatoms. The van der Waals surface area contributed by atoms with Crippen LogP contribution >= 0.6 is 0 Å². The number of methoxy groups -OCH3 is 2. The number of benzene rings is 3. The number of carbonyl (C=O) groups is 3. The van der Waals surface area contributed by atoms with Crippen molar-refractivity contribution in [1.29, 1.82) is 0 Å². The molecular formula is C36H42N6O5. The predicted octanol–water partition coefficient (Wildman–Crippen LogP) is 4.30. The molecule has 246 valence electrons. The van der Waals surface area contributed by atoms with Crippen LogP contribution in [-0.4, -0.2) is 52.6 Å². The number of carbonyl (C=O) groups excluding carboxylic acids is 3. The van der Waals surface area contributed by atoms with Crippen LogP contribution in [-0.2, 0) is 42.8 Å². The third-order valence-corrected chi connectivity index (χ3v) is 8.44. The standard InChI is InChI=1S/C36H42N6O5/c1-36(2,3)27-13-10-25(11-14-27)20-41-22-40-28-17-29(33(43)38-18-23-6-8-24(9-7-23)19-39-35(37)45)42(21-30(28)41)34(44)26-12-15-31(46-4)32(16-26)47-5/h6-16,22,29H,17-21H2,1-5H3,(H,38,43)(H3,37,39,45). The topological polar surface area (TPSA) is 141 Å². The molecular weight excluding hydrogens is 596 g/mol. The number of nitrogens with two attached hydrogens (primary N) is 1. The first-order valence-electron chi connectivity index (χ1n) is 15.5. The van der Waals surface area contributed by atoms with E-state index in [1.54, 1.807) is 29.4 Å². The van der Waals surface area contributed by atoms with Gasteiger partial charge in [0.1, 0.15) is 6.04 Å². The Balaban J connectivity index is 1.38. The lowest BCUT2D eigenvalue weighted by molar-refractivity contribution is -0.126. The fourth-order valence-electron chi connectivity index (χ4n) is 5.66. The van der Waals surface area contributed by atoms with Crippen molar-refractivity contribution >= 4 is 17.8 Å². The molecule has 1 aliphatic rings. The van der Waals surface area contributed by atoms with Crippen molar-refractivity contribution in [2.24, 2.45) is 5.73 Å². The van der Waals surface area contributed by atoms with Gasteiger partial charge in [-0.25, -0.2) is 9.78 Å². The van der Waals surface area contributed by atoms with Crippen LogP contribution in [0.3, 0.4) is 0 Å². The summed E-state index contributed by atoms with van der Waals surface area (Å²) in [7, 11) is 3.05. The molecule has 1 aliphatic heterocycles. The van der Waals surface area contributed by atoms with Gasteiger partial charge in [0.15, 0.2) is 11.5 Å². The van der Waals surface area contributed by atoms with Gasteiger partial charge in [-0.3, -0.25) is 9.59 Å². The number of hydrogen-bond acceptors (Lipinski definition) is 6. The van der Waals surface area contributed by atoms with Gasteiger partial charge < -0.3 is 35.3 Å². The van der Waals surface area contributed by atoms with E-state index >= 15 is 0 Å². The molecule has 0 bridgehead atoms. The quantitative estimate of drug-likeness (QED) is 0.237. The van der Waals surface area contributed by atoms with Crippen molar-refractivity contribution in [2.45, 2.75) is 64.8 Å². The van der Waals surface area contributed by atoms with Gasteiger partial charge in [0, 0.05) is 31.6 Å². The Kier molecular flexibility index (Phi) is 9.83. The lowest BCUT2D eigenvalue weighted by atomic mass is 9.87. The van der Waals surface area contributed by atoms with Gasteiger partial charge in [-0.15, -0.1) is 0 Å². The lowest BCUT2D eigenvalue weighted by Crippen LogP contribution is -2.52. The number of primary amides is 1. The van der Waals surface area contributed by atoms with Crippen LogP contribution in [0.2, 0.25) is 0 Å². The van der Waals surface area contributed by atoms with Crippen molar-refractivity contribution in [3.05, 3.63) is 112 Å². The molecule has 0 spiro atoms. The summed E-state index contributed by atoms with van der Waals surface area (Å²) in [6.07, 6.45) is 2.06. The first-order chi connectivity index (χ1) is 22.5. The number of urea groups is 1. The minimum atomic E-state index is -0.781. The van der Waals surface area contributed by atoms with Crippen molar-refractivity contribution in [2.75, 3.05) is 14.2 Å². The SMILES string of the molecule is COc1ccc(C(=O)N2Cc3c(ncn3Cc3ccc(C(C)(C)C)cc3)CC2C(=O)NCc2ccc(CNC(N)=O)cc2)cc1OC. The van der Waals surface area contributed by atoms with Crippen LogP contribution in [0.5, 0.6) is 11.5 Å². The summed E-state index contributed by atoms with van der Waals surface area (Å²) in [6.45, 7) is 7.94. The number of rotatable bonds is 10. The number of hydrogen-bond donors (Lipinski definition) is 3. The van der Waals surface area contributed by atoms with E-state index in [-0.39, 0.29) is 36.7 Å². The molecule has 4 amide bonds. The largest absolute Gasteiger partial charge is 0.493 e. The van der Waals surface area contributed by atoms with Crippen molar-refractivity contribution < 1.29 is 23.9 Å². The average Bonchev–Trinajstić information content (AvgIpc) is 3.46. The maximum Gasteiger partial charge on any atom is 0.312 e. The molecule has 0 fully saturated rings. The van der Waals surface area contributed by atoms with E-state index in [1.807, 2.05) is 24.3 Å². The Morgan fingerprint density at radius 3 is 2.09 bits per heavy atom. The second-order valence-electron chi connectivity index (χ2n) is 12.7. The Morgan fingerprint density at radius 2 is 1.49 bits per heavy atom. The highest BCUT2D eigenvalue weighted by molar-refractivity contribution is 5.98. The maximum atomic E-state index is 14.1. The molecule has 5 rings (SSSR count). The summed E-state index contributed by atoms with van der Waals surface area (Å²) in [6, 6.07) is 19.6. The van der Waals surface area contributed by atoms with Crippen molar-refractivity contribution in [3.8, 4) is 11.5 Å². The maximum absolute atomic E-state index is 14.1. The number of ether oxygens (including phenoxy) is 2. The zero-order chi connectivity index (χ0) is 33.7. The minimum absolute atomic E-state index is 0.0559. The first kappa shape index (κ1) is 33.1. The fraction of sp³-hybridized carbons (Fsp3) is 0.333. The number of nitrogens with zero attached hydrogens (tertiary/aromatic N) is 3. The second kappa shape index (κ2) is 14.0. The first-order valence-corrected chi connectivity index (χ1v) is 15.5. The van der Waals surface area contributed by atoms with Gasteiger partial charge in [-0.1, -0.05) is 69.3 Å². The molecule has 0 radical (unpaired) electrons. The molecule has 3 aromatic carbocycles. The Hall–Kier alpha value is -5.32. The number of nitrogens with one attached hydrogen (secondary N) is 2. The van der Waals surface area contributed by atoms with E-state index in [1.165, 1.54) is 19.8 Å². The third-order valence-electron chi connectivity index (χ3n) is 8.44. The minimum Gasteiger partial charge on any atom is -0.493 e. The molecule has 4 N–H and O–H groups in total. The molecule has 1 aromatic heterocycles. The Morgan fingerprint density at radius 1 is 0.872 bits per heavy atom. The van der Waals surface area contributed by atoms with E-state index < -0.39 is 12.1 Å². The fourth-order valence-corrected chi connectivity index (χ4v) is 5.66. The molecule has 0 saturated heterocycles. The second-order valence-corrected chi connectivity index (χ2v) is 12.7. The van der Waals surface area contributed by atoms with Gasteiger partial charge in [-0.05, 0) is 45.9 Å². The highest BCUT2D eigenvalue weighted by atomic mass is 16.5. The molecule has 1 unspecified atom stereocenters. The van der Waals surface area contributed by atoms with Crippen LogP contribution in [0.4, 0.5) is 4.79 Å². The third kappa shape index (κ3) is 7.74. The number of fused-ring (bicyclic) bond motifs is 1. The van der Waals surface area contributed by atoms with Crippen molar-refractivity contribution in [3.63, 3.8) is 0 Å². The molecule has 0 saturated carbocycles. The number of imidazole rings is 1. The Bertz CT molecular complexity index is 1740. The van der Waals surface area contributed by atoms with Gasteiger partial charge in [0.25, 0.3) is 5.91 Å². The van der Waals surface area contributed by atoms with Gasteiger partial charge in [0.2, 0.25) is 5.91 Å². The van der Waals surface area contributed by atoms with E-state index in [2.05, 4.69) is 65.2 Å². The molecule has 2 heterocycles. The highest BCUT2D eigenvalue weighted by Gasteiger charge is 2.37. The van der Waals surface area contributed by atoms with Gasteiger partial charge in [-0.2, -0.15) is 0 Å². The molecule has 47 heavy (non-hydrogen) atoms. The average molecular weight is 639 g/mol. The van der Waals surface area contributed by atoms with E-state index in [4.69, 9.17) is 15.2 Å². The summed E-state index contributed by atoms with van der Waals surface area (Å²) in [4.78, 5) is 45.2. The normalized spacial score (nSPS) is 14.2. The van der Waals surface area contributed by atoms with E-state index in [0.29, 0.717) is 30.2 Å². The summed E-state index contributed by atoms with van der Waals surface area (Å²) in [5.41, 5.74) is 11.4. The van der Waals surface area contributed by atoms with Crippen LogP contribution in [0.1, 0.15) is 64.8 Å². The highest BCUT2D eigenvalue weighted by Crippen LogP contribution is 2.31. The summed E-state index contributed by atoms with van der Waals surface area (Å²) >= 11 is 0. The zero-order valence-electron chi connectivity index (χ0n) is 27.5. The Labute approximate surface area is 275 Å². The monoisotopic (exact) mass is 638 g/mol. The summed E-state index contributed by atoms with van der Waals surface area (Å²) in [5.74, 6) is 0.350. The van der Waals surface area contributed by atoms with Gasteiger partial charge >= 0.3 is 6.03 Å². The summed E-state index contributed by atoms with van der Waals surface area (Å²) < 4.78 is 12.9. The zero-order valence-corrected chi connectivity index (χ0v) is 27.5. The number of aromatic nitrogens is 2. The van der Waals surface area contributed by atoms with E-state index in [0.717, 1.165) is 28.1 Å². The van der Waals surface area contributed by atoms with Gasteiger partial charge in [0.05, 0.1) is 38.5 Å². The van der Waals surface area contributed by atoms with Crippen LogP contribution in [0.25, 0.3) is 0 Å². The molecule has 11 nitrogen and oxygen atoms in total. The van der Waals surface area contributed by atoms with Crippen LogP contribution in [0, 0.1) is 0 Å². The molecule has 4 aromatic rings. The summed E-state index contributed by atoms with van der Waals surface area (Å²) in [5, 5.41) is 5.57. The molecule has 0 aliphatic carbocycles. The molecule has 1 atom stereocenters. The van der Waals surface area contributed by atoms with Crippen molar-refractivity contribution in [1.82, 2.24) is 25.1 Å². The van der Waals surface area contributed by atoms with Crippen LogP contribution in [0.15, 0.2) is 73.1 Å². The van der Waals surface area contributed by atoms with E-state index in [9.17, 15) is 14.4 Å². The van der Waals surface area contributed by atoms with Crippen LogP contribution < -0.4 is 25.8 Å². The predicted molar refractivity (Wildman–Crippen MR) is 178 cm³/mol.